The number of likely N-dealkylation sites (N-methyl/N-ethyl adjacent to an activating group) is 1. The maximum atomic E-state index is 13.5. The molecule has 5 nitrogen and oxygen atoms in total. The third-order valence-electron chi connectivity index (χ3n) is 5.48. The van der Waals surface area contributed by atoms with E-state index in [1.807, 2.05) is 87.5 Å². The highest BCUT2D eigenvalue weighted by atomic mass is 35.5. The van der Waals surface area contributed by atoms with Crippen molar-refractivity contribution in [3.63, 3.8) is 0 Å². The molecule has 0 aliphatic carbocycles. The maximum Gasteiger partial charge on any atom is 0.261 e. The molecule has 2 amide bonds. The summed E-state index contributed by atoms with van der Waals surface area (Å²) in [5.74, 6) is 0.130. The zero-order valence-electron chi connectivity index (χ0n) is 19.9. The van der Waals surface area contributed by atoms with Gasteiger partial charge in [-0.1, -0.05) is 66.2 Å². The fraction of sp³-hybridized carbons (Fsp3) is 0.286. The SMILES string of the molecule is CCNC(=O)[C@H](Cc1ccccc1)N(Cc1ccccc1Cl)C(=O)COc1cc(C)cc(C)c1. The van der Waals surface area contributed by atoms with Crippen LogP contribution in [0.3, 0.4) is 0 Å². The van der Waals surface area contributed by atoms with Crippen LogP contribution in [0, 0.1) is 13.8 Å². The molecule has 3 aromatic carbocycles. The molecular weight excluding hydrogens is 448 g/mol. The van der Waals surface area contributed by atoms with Crippen LogP contribution in [0.25, 0.3) is 0 Å². The Labute approximate surface area is 206 Å². The van der Waals surface area contributed by atoms with Crippen molar-refractivity contribution in [2.75, 3.05) is 13.2 Å². The summed E-state index contributed by atoms with van der Waals surface area (Å²) in [6, 6.07) is 22.2. The quantitative estimate of drug-likeness (QED) is 0.440. The summed E-state index contributed by atoms with van der Waals surface area (Å²) >= 11 is 6.42. The summed E-state index contributed by atoms with van der Waals surface area (Å²) in [7, 11) is 0. The van der Waals surface area contributed by atoms with Gasteiger partial charge in [0.2, 0.25) is 5.91 Å². The van der Waals surface area contributed by atoms with Crippen molar-refractivity contribution in [1.82, 2.24) is 10.2 Å². The van der Waals surface area contributed by atoms with Gasteiger partial charge in [0, 0.05) is 24.5 Å². The first-order chi connectivity index (χ1) is 16.4. The van der Waals surface area contributed by atoms with Crippen LogP contribution in [0.1, 0.15) is 29.2 Å². The minimum absolute atomic E-state index is 0.182. The molecule has 178 valence electrons. The Balaban J connectivity index is 1.91. The summed E-state index contributed by atoms with van der Waals surface area (Å²) in [6.45, 7) is 6.31. The lowest BCUT2D eigenvalue weighted by molar-refractivity contribution is -0.142. The summed E-state index contributed by atoms with van der Waals surface area (Å²) < 4.78 is 5.86. The molecule has 1 N–H and O–H groups in total. The van der Waals surface area contributed by atoms with E-state index < -0.39 is 6.04 Å². The Morgan fingerprint density at radius 2 is 1.62 bits per heavy atom. The minimum Gasteiger partial charge on any atom is -0.484 e. The van der Waals surface area contributed by atoms with Crippen LogP contribution in [-0.2, 0) is 22.6 Å². The minimum atomic E-state index is -0.714. The zero-order chi connectivity index (χ0) is 24.5. The molecule has 0 unspecified atom stereocenters. The third kappa shape index (κ3) is 7.09. The number of aryl methyl sites for hydroxylation is 2. The molecule has 0 spiro atoms. The fourth-order valence-electron chi connectivity index (χ4n) is 3.90. The monoisotopic (exact) mass is 478 g/mol. The molecular formula is C28H31ClN2O3. The van der Waals surface area contributed by atoms with E-state index >= 15 is 0 Å². The normalized spacial score (nSPS) is 11.5. The second-order valence-electron chi connectivity index (χ2n) is 8.33. The Kier molecular flexibility index (Phi) is 9.11. The van der Waals surface area contributed by atoms with Gasteiger partial charge in [0.15, 0.2) is 6.61 Å². The Morgan fingerprint density at radius 3 is 2.26 bits per heavy atom. The number of ether oxygens (including phenoxy) is 1. The van der Waals surface area contributed by atoms with Gasteiger partial charge in [-0.2, -0.15) is 0 Å². The predicted octanol–water partition coefficient (Wildman–Crippen LogP) is 5.11. The molecule has 0 saturated carbocycles. The van der Waals surface area contributed by atoms with Gasteiger partial charge in [-0.05, 0) is 61.2 Å². The molecule has 0 bridgehead atoms. The van der Waals surface area contributed by atoms with E-state index in [0.717, 1.165) is 22.3 Å². The van der Waals surface area contributed by atoms with E-state index in [1.165, 1.54) is 0 Å². The summed E-state index contributed by atoms with van der Waals surface area (Å²) in [6.07, 6.45) is 0.381. The lowest BCUT2D eigenvalue weighted by Crippen LogP contribution is -2.51. The van der Waals surface area contributed by atoms with E-state index in [9.17, 15) is 9.59 Å². The largest absolute Gasteiger partial charge is 0.484 e. The Bertz CT molecular complexity index is 1100. The van der Waals surface area contributed by atoms with Crippen LogP contribution in [0.2, 0.25) is 5.02 Å². The zero-order valence-corrected chi connectivity index (χ0v) is 20.6. The lowest BCUT2D eigenvalue weighted by Gasteiger charge is -2.31. The highest BCUT2D eigenvalue weighted by Crippen LogP contribution is 2.21. The van der Waals surface area contributed by atoms with E-state index in [2.05, 4.69) is 5.32 Å². The number of nitrogens with one attached hydrogen (secondary N) is 1. The molecule has 0 saturated heterocycles. The molecule has 6 heteroatoms. The number of amides is 2. The number of hydrogen-bond acceptors (Lipinski definition) is 3. The Hall–Kier alpha value is -3.31. The Morgan fingerprint density at radius 1 is 0.971 bits per heavy atom. The van der Waals surface area contributed by atoms with Gasteiger partial charge in [0.05, 0.1) is 0 Å². The van der Waals surface area contributed by atoms with Crippen molar-refractivity contribution in [1.29, 1.82) is 0 Å². The number of carbonyl (C=O) groups excluding carboxylic acids is 2. The van der Waals surface area contributed by atoms with Gasteiger partial charge in [-0.3, -0.25) is 9.59 Å². The van der Waals surface area contributed by atoms with Crippen LogP contribution in [0.5, 0.6) is 5.75 Å². The van der Waals surface area contributed by atoms with Crippen LogP contribution in [-0.4, -0.2) is 35.9 Å². The lowest BCUT2D eigenvalue weighted by atomic mass is 10.0. The van der Waals surface area contributed by atoms with Crippen molar-refractivity contribution in [3.05, 3.63) is 100 Å². The molecule has 0 aliphatic heterocycles. The van der Waals surface area contributed by atoms with Crippen molar-refractivity contribution in [3.8, 4) is 5.75 Å². The molecule has 0 heterocycles. The van der Waals surface area contributed by atoms with Crippen LogP contribution < -0.4 is 10.1 Å². The summed E-state index contributed by atoms with van der Waals surface area (Å²) in [5, 5.41) is 3.43. The first-order valence-corrected chi connectivity index (χ1v) is 11.8. The summed E-state index contributed by atoms with van der Waals surface area (Å²) in [4.78, 5) is 28.2. The maximum absolute atomic E-state index is 13.5. The van der Waals surface area contributed by atoms with E-state index in [1.54, 1.807) is 11.0 Å². The van der Waals surface area contributed by atoms with E-state index in [0.29, 0.717) is 23.7 Å². The standard InChI is InChI=1S/C28H31ClN2O3/c1-4-30-28(33)26(17-22-10-6-5-7-11-22)31(18-23-12-8-9-13-25(23)29)27(32)19-34-24-15-20(2)14-21(3)16-24/h5-16,26H,4,17-19H2,1-3H3,(H,30,33)/t26-/m0/s1. The smallest absolute Gasteiger partial charge is 0.261 e. The highest BCUT2D eigenvalue weighted by molar-refractivity contribution is 6.31. The second-order valence-corrected chi connectivity index (χ2v) is 8.73. The van der Waals surface area contributed by atoms with Crippen molar-refractivity contribution >= 4 is 23.4 Å². The van der Waals surface area contributed by atoms with Crippen molar-refractivity contribution in [2.45, 2.75) is 39.8 Å². The molecule has 3 aromatic rings. The van der Waals surface area contributed by atoms with E-state index in [4.69, 9.17) is 16.3 Å². The molecule has 0 aromatic heterocycles. The molecule has 0 fully saturated rings. The molecule has 0 radical (unpaired) electrons. The predicted molar refractivity (Wildman–Crippen MR) is 136 cm³/mol. The summed E-state index contributed by atoms with van der Waals surface area (Å²) in [5.41, 5.74) is 3.84. The number of hydrogen-bond donors (Lipinski definition) is 1. The number of halogens is 1. The van der Waals surface area contributed by atoms with Gasteiger partial charge < -0.3 is 15.0 Å². The molecule has 1 atom stereocenters. The van der Waals surface area contributed by atoms with E-state index in [-0.39, 0.29) is 25.0 Å². The molecule has 0 aliphatic rings. The van der Waals surface area contributed by atoms with Crippen LogP contribution in [0.4, 0.5) is 0 Å². The molecule has 3 rings (SSSR count). The number of rotatable bonds is 10. The van der Waals surface area contributed by atoms with Gasteiger partial charge in [-0.15, -0.1) is 0 Å². The van der Waals surface area contributed by atoms with Gasteiger partial charge >= 0.3 is 0 Å². The first kappa shape index (κ1) is 25.3. The van der Waals surface area contributed by atoms with Crippen LogP contribution >= 0.6 is 11.6 Å². The van der Waals surface area contributed by atoms with Gasteiger partial charge in [0.1, 0.15) is 11.8 Å². The second kappa shape index (κ2) is 12.2. The average Bonchev–Trinajstić information content (AvgIpc) is 2.81. The topological polar surface area (TPSA) is 58.6 Å². The average molecular weight is 479 g/mol. The highest BCUT2D eigenvalue weighted by Gasteiger charge is 2.30. The number of benzene rings is 3. The third-order valence-corrected chi connectivity index (χ3v) is 5.85. The number of nitrogens with zero attached hydrogens (tertiary/aromatic N) is 1. The fourth-order valence-corrected chi connectivity index (χ4v) is 4.10. The van der Waals surface area contributed by atoms with Crippen molar-refractivity contribution < 1.29 is 14.3 Å². The molecule has 34 heavy (non-hydrogen) atoms. The van der Waals surface area contributed by atoms with Gasteiger partial charge in [0.25, 0.3) is 5.91 Å². The first-order valence-electron chi connectivity index (χ1n) is 11.4. The number of carbonyl (C=O) groups is 2. The van der Waals surface area contributed by atoms with Crippen molar-refractivity contribution in [2.24, 2.45) is 0 Å². The van der Waals surface area contributed by atoms with Gasteiger partial charge in [-0.25, -0.2) is 0 Å². The van der Waals surface area contributed by atoms with Crippen LogP contribution in [0.15, 0.2) is 72.8 Å².